The molecule has 0 aliphatic heterocycles. The molecule has 0 spiro atoms. The predicted molar refractivity (Wildman–Crippen MR) is 59.9 cm³/mol. The van der Waals surface area contributed by atoms with Gasteiger partial charge in [0.05, 0.1) is 6.26 Å². The van der Waals surface area contributed by atoms with E-state index in [-0.39, 0.29) is 11.7 Å². The summed E-state index contributed by atoms with van der Waals surface area (Å²) >= 11 is 0. The van der Waals surface area contributed by atoms with E-state index in [2.05, 4.69) is 4.98 Å². The van der Waals surface area contributed by atoms with Crippen LogP contribution in [0.2, 0.25) is 0 Å². The standard InChI is InChI=1S/C12H13NO4/c1-12(2,3)9-8(11(14)15)17-10(13-9)7-5-4-6-16-7/h4-6H,1-3H3,(H,14,15). The lowest BCUT2D eigenvalue weighted by molar-refractivity contribution is 0.0659. The van der Waals surface area contributed by atoms with Gasteiger partial charge >= 0.3 is 5.97 Å². The molecule has 90 valence electrons. The SMILES string of the molecule is CC(C)(C)c1nc(-c2ccco2)oc1C(=O)O. The lowest BCUT2D eigenvalue weighted by Crippen LogP contribution is -2.16. The number of carbonyl (C=O) groups is 1. The first-order chi connectivity index (χ1) is 7.89. The van der Waals surface area contributed by atoms with Crippen LogP contribution in [-0.4, -0.2) is 16.1 Å². The Morgan fingerprint density at radius 2 is 2.12 bits per heavy atom. The summed E-state index contributed by atoms with van der Waals surface area (Å²) in [6.45, 7) is 5.63. The van der Waals surface area contributed by atoms with Crippen LogP contribution in [0.5, 0.6) is 0 Å². The number of hydrogen-bond donors (Lipinski definition) is 1. The third kappa shape index (κ3) is 2.08. The van der Waals surface area contributed by atoms with E-state index in [0.717, 1.165) is 0 Å². The average Bonchev–Trinajstić information content (AvgIpc) is 2.85. The van der Waals surface area contributed by atoms with Gasteiger partial charge in [0.15, 0.2) is 5.76 Å². The second kappa shape index (κ2) is 3.76. The van der Waals surface area contributed by atoms with E-state index in [4.69, 9.17) is 13.9 Å². The summed E-state index contributed by atoms with van der Waals surface area (Å²) < 4.78 is 10.4. The molecule has 0 saturated heterocycles. The molecule has 0 radical (unpaired) electrons. The number of nitrogens with zero attached hydrogens (tertiary/aromatic N) is 1. The molecule has 0 bridgehead atoms. The molecule has 0 fully saturated rings. The molecule has 5 nitrogen and oxygen atoms in total. The molecule has 0 saturated carbocycles. The Kier molecular flexibility index (Phi) is 2.53. The van der Waals surface area contributed by atoms with Gasteiger partial charge in [0, 0.05) is 5.41 Å². The second-order valence-corrected chi connectivity index (χ2v) is 4.73. The van der Waals surface area contributed by atoms with Crippen LogP contribution in [0.1, 0.15) is 37.0 Å². The van der Waals surface area contributed by atoms with Crippen molar-refractivity contribution >= 4 is 5.97 Å². The number of carboxylic acid groups (broad SMARTS) is 1. The lowest BCUT2D eigenvalue weighted by atomic mass is 9.91. The van der Waals surface area contributed by atoms with Gasteiger partial charge in [-0.1, -0.05) is 20.8 Å². The highest BCUT2D eigenvalue weighted by atomic mass is 16.4. The Hall–Kier alpha value is -2.04. The number of aromatic nitrogens is 1. The van der Waals surface area contributed by atoms with Crippen LogP contribution in [0.15, 0.2) is 27.2 Å². The van der Waals surface area contributed by atoms with Crippen molar-refractivity contribution in [1.29, 1.82) is 0 Å². The van der Waals surface area contributed by atoms with Crippen LogP contribution in [-0.2, 0) is 5.41 Å². The largest absolute Gasteiger partial charge is 0.475 e. The Morgan fingerprint density at radius 3 is 2.53 bits per heavy atom. The van der Waals surface area contributed by atoms with Crippen molar-refractivity contribution < 1.29 is 18.7 Å². The summed E-state index contributed by atoms with van der Waals surface area (Å²) in [6, 6.07) is 3.36. The van der Waals surface area contributed by atoms with Crippen molar-refractivity contribution in [3.05, 3.63) is 29.9 Å². The van der Waals surface area contributed by atoms with Crippen LogP contribution < -0.4 is 0 Å². The molecule has 1 N–H and O–H groups in total. The first-order valence-corrected chi connectivity index (χ1v) is 5.18. The summed E-state index contributed by atoms with van der Waals surface area (Å²) in [4.78, 5) is 15.3. The quantitative estimate of drug-likeness (QED) is 0.865. The maximum atomic E-state index is 11.1. The summed E-state index contributed by atoms with van der Waals surface area (Å²) in [7, 11) is 0. The number of furan rings is 1. The van der Waals surface area contributed by atoms with E-state index in [1.807, 2.05) is 20.8 Å². The molecular formula is C12H13NO4. The fourth-order valence-corrected chi connectivity index (χ4v) is 1.48. The van der Waals surface area contributed by atoms with Gasteiger partial charge in [-0.15, -0.1) is 0 Å². The van der Waals surface area contributed by atoms with Crippen molar-refractivity contribution in [3.8, 4) is 11.7 Å². The molecule has 0 unspecified atom stereocenters. The zero-order valence-electron chi connectivity index (χ0n) is 9.85. The number of oxazole rings is 1. The van der Waals surface area contributed by atoms with E-state index in [9.17, 15) is 4.79 Å². The van der Waals surface area contributed by atoms with E-state index in [1.165, 1.54) is 6.26 Å². The smallest absolute Gasteiger partial charge is 0.373 e. The third-order valence-electron chi connectivity index (χ3n) is 2.26. The molecule has 2 rings (SSSR count). The van der Waals surface area contributed by atoms with Crippen molar-refractivity contribution in [2.45, 2.75) is 26.2 Å². The first kappa shape index (κ1) is 11.4. The van der Waals surface area contributed by atoms with Crippen molar-refractivity contribution in [1.82, 2.24) is 4.98 Å². The van der Waals surface area contributed by atoms with Gasteiger partial charge in [0.25, 0.3) is 5.89 Å². The second-order valence-electron chi connectivity index (χ2n) is 4.73. The third-order valence-corrected chi connectivity index (χ3v) is 2.26. The molecular weight excluding hydrogens is 222 g/mol. The van der Waals surface area contributed by atoms with Gasteiger partial charge in [-0.2, -0.15) is 0 Å². The molecule has 17 heavy (non-hydrogen) atoms. The molecule has 0 aliphatic carbocycles. The molecule has 2 aromatic rings. The zero-order valence-corrected chi connectivity index (χ0v) is 9.85. The van der Waals surface area contributed by atoms with Gasteiger partial charge in [0.1, 0.15) is 5.69 Å². The van der Waals surface area contributed by atoms with Gasteiger partial charge < -0.3 is 13.9 Å². The van der Waals surface area contributed by atoms with Crippen LogP contribution in [0, 0.1) is 0 Å². The molecule has 5 heteroatoms. The van der Waals surface area contributed by atoms with Gasteiger partial charge in [-0.25, -0.2) is 9.78 Å². The van der Waals surface area contributed by atoms with Crippen LogP contribution in [0.3, 0.4) is 0 Å². The fraction of sp³-hybridized carbons (Fsp3) is 0.333. The predicted octanol–water partition coefficient (Wildman–Crippen LogP) is 2.93. The van der Waals surface area contributed by atoms with Crippen molar-refractivity contribution in [3.63, 3.8) is 0 Å². The average molecular weight is 235 g/mol. The number of rotatable bonds is 2. The summed E-state index contributed by atoms with van der Waals surface area (Å²) in [5.74, 6) is -0.649. The van der Waals surface area contributed by atoms with Crippen LogP contribution in [0.25, 0.3) is 11.7 Å². The normalized spacial score (nSPS) is 11.7. The van der Waals surface area contributed by atoms with Crippen molar-refractivity contribution in [2.75, 3.05) is 0 Å². The maximum absolute atomic E-state index is 11.1. The monoisotopic (exact) mass is 235 g/mol. The minimum Gasteiger partial charge on any atom is -0.475 e. The topological polar surface area (TPSA) is 76.5 Å². The number of hydrogen-bond acceptors (Lipinski definition) is 4. The van der Waals surface area contributed by atoms with E-state index in [0.29, 0.717) is 11.5 Å². The van der Waals surface area contributed by atoms with E-state index in [1.54, 1.807) is 12.1 Å². The molecule has 0 atom stereocenters. The molecule has 2 aromatic heterocycles. The molecule has 0 amide bonds. The van der Waals surface area contributed by atoms with Gasteiger partial charge in [-0.3, -0.25) is 0 Å². The Labute approximate surface area is 98.1 Å². The van der Waals surface area contributed by atoms with Gasteiger partial charge in [0.2, 0.25) is 5.76 Å². The summed E-state index contributed by atoms with van der Waals surface area (Å²) in [5, 5.41) is 9.08. The maximum Gasteiger partial charge on any atom is 0.373 e. The summed E-state index contributed by atoms with van der Waals surface area (Å²) in [5.41, 5.74) is 0.0126. The highest BCUT2D eigenvalue weighted by Gasteiger charge is 2.29. The lowest BCUT2D eigenvalue weighted by Gasteiger charge is -2.14. The zero-order chi connectivity index (χ0) is 12.6. The Balaban J connectivity index is 2.56. The minimum absolute atomic E-state index is 0.135. The van der Waals surface area contributed by atoms with Crippen molar-refractivity contribution in [2.24, 2.45) is 0 Å². The van der Waals surface area contributed by atoms with E-state index >= 15 is 0 Å². The molecule has 0 aromatic carbocycles. The van der Waals surface area contributed by atoms with Gasteiger partial charge in [-0.05, 0) is 12.1 Å². The number of aromatic carboxylic acids is 1. The first-order valence-electron chi connectivity index (χ1n) is 5.18. The number of carboxylic acids is 1. The minimum atomic E-state index is -1.12. The Bertz CT molecular complexity index is 531. The van der Waals surface area contributed by atoms with Crippen LogP contribution >= 0.6 is 0 Å². The molecule has 0 aliphatic rings. The summed E-state index contributed by atoms with van der Waals surface area (Å²) in [6.07, 6.45) is 1.48. The fourth-order valence-electron chi connectivity index (χ4n) is 1.48. The highest BCUT2D eigenvalue weighted by molar-refractivity contribution is 5.86. The van der Waals surface area contributed by atoms with Crippen LogP contribution in [0.4, 0.5) is 0 Å². The molecule has 2 heterocycles. The Morgan fingerprint density at radius 1 is 1.41 bits per heavy atom. The van der Waals surface area contributed by atoms with E-state index < -0.39 is 11.4 Å². The highest BCUT2D eigenvalue weighted by Crippen LogP contribution is 2.30.